The Morgan fingerprint density at radius 1 is 1.18 bits per heavy atom. The van der Waals surface area contributed by atoms with Crippen molar-refractivity contribution in [3.05, 3.63) is 0 Å². The fraction of sp³-hybridized carbons (Fsp3) is 1.00. The maximum atomic E-state index is 5.86. The van der Waals surface area contributed by atoms with Crippen LogP contribution in [0, 0.1) is 5.92 Å². The highest BCUT2D eigenvalue weighted by Crippen LogP contribution is 2.34. The maximum Gasteiger partial charge on any atom is 0.0618 e. The van der Waals surface area contributed by atoms with Crippen molar-refractivity contribution in [2.45, 2.75) is 44.2 Å². The largest absolute Gasteiger partial charge is 0.378 e. The van der Waals surface area contributed by atoms with Gasteiger partial charge in [-0.2, -0.15) is 0 Å². The highest BCUT2D eigenvalue weighted by atomic mass is 16.5. The van der Waals surface area contributed by atoms with Gasteiger partial charge in [0.25, 0.3) is 0 Å². The molecule has 0 aromatic rings. The van der Waals surface area contributed by atoms with E-state index in [2.05, 4.69) is 0 Å². The molecule has 0 bridgehead atoms. The Hall–Kier alpha value is -0.0800. The third kappa shape index (κ3) is 1.57. The van der Waals surface area contributed by atoms with Crippen molar-refractivity contribution in [2.24, 2.45) is 11.7 Å². The second-order valence-corrected chi connectivity index (χ2v) is 3.88. The Labute approximate surface area is 68.1 Å². The van der Waals surface area contributed by atoms with Crippen molar-refractivity contribution in [1.29, 1.82) is 0 Å². The summed E-state index contributed by atoms with van der Waals surface area (Å²) in [4.78, 5) is 0. The van der Waals surface area contributed by atoms with E-state index >= 15 is 0 Å². The minimum Gasteiger partial charge on any atom is -0.378 e. The maximum absolute atomic E-state index is 5.86. The van der Waals surface area contributed by atoms with Crippen molar-refractivity contribution < 1.29 is 4.74 Å². The summed E-state index contributed by atoms with van der Waals surface area (Å²) in [6.07, 6.45) is 6.81. The van der Waals surface area contributed by atoms with Gasteiger partial charge in [-0.15, -0.1) is 0 Å². The molecule has 0 radical (unpaired) electrons. The van der Waals surface area contributed by atoms with Gasteiger partial charge in [0.2, 0.25) is 0 Å². The molecule has 1 aliphatic heterocycles. The molecule has 1 aliphatic carbocycles. The third-order valence-electron chi connectivity index (χ3n) is 3.03. The molecule has 1 heterocycles. The van der Waals surface area contributed by atoms with Gasteiger partial charge in [-0.25, -0.2) is 0 Å². The van der Waals surface area contributed by atoms with Crippen LogP contribution in [-0.2, 0) is 4.74 Å². The molecule has 2 nitrogen and oxygen atoms in total. The van der Waals surface area contributed by atoms with Crippen LogP contribution < -0.4 is 5.73 Å². The molecule has 0 aromatic carbocycles. The average Bonchev–Trinajstić information content (AvgIpc) is 1.83. The molecule has 0 aromatic heterocycles. The van der Waals surface area contributed by atoms with Crippen molar-refractivity contribution >= 4 is 0 Å². The van der Waals surface area contributed by atoms with Crippen LogP contribution in [0.15, 0.2) is 0 Å². The summed E-state index contributed by atoms with van der Waals surface area (Å²) in [6, 6.07) is 0.411. The molecule has 2 rings (SSSR count). The van der Waals surface area contributed by atoms with E-state index in [9.17, 15) is 0 Å². The molecule has 2 N–H and O–H groups in total. The first-order chi connectivity index (χ1) is 5.36. The van der Waals surface area contributed by atoms with Crippen LogP contribution in [0.25, 0.3) is 0 Å². The molecule has 11 heavy (non-hydrogen) atoms. The molecule has 0 amide bonds. The Morgan fingerprint density at radius 3 is 2.55 bits per heavy atom. The summed E-state index contributed by atoms with van der Waals surface area (Å²) in [6.45, 7) is 0.891. The quantitative estimate of drug-likeness (QED) is 0.619. The van der Waals surface area contributed by atoms with Gasteiger partial charge in [0, 0.05) is 12.6 Å². The zero-order valence-electron chi connectivity index (χ0n) is 6.96. The van der Waals surface area contributed by atoms with Crippen molar-refractivity contribution in [3.8, 4) is 0 Å². The van der Waals surface area contributed by atoms with E-state index in [1.807, 2.05) is 0 Å². The fourth-order valence-electron chi connectivity index (χ4n) is 2.00. The minimum atomic E-state index is 0.411. The van der Waals surface area contributed by atoms with Gasteiger partial charge in [0.15, 0.2) is 0 Å². The van der Waals surface area contributed by atoms with E-state index < -0.39 is 0 Å². The molecule has 0 spiro atoms. The third-order valence-corrected chi connectivity index (χ3v) is 3.03. The van der Waals surface area contributed by atoms with Crippen LogP contribution >= 0.6 is 0 Å². The normalized spacial score (nSPS) is 40.1. The number of ether oxygens (including phenoxy) is 1. The Balaban J connectivity index is 1.82. The molecule has 1 saturated carbocycles. The molecule has 2 heteroatoms. The Bertz CT molecular complexity index is 134. The average molecular weight is 155 g/mol. The van der Waals surface area contributed by atoms with E-state index in [1.54, 1.807) is 0 Å². The summed E-state index contributed by atoms with van der Waals surface area (Å²) < 4.78 is 5.67. The molecule has 2 unspecified atom stereocenters. The second kappa shape index (κ2) is 3.11. The van der Waals surface area contributed by atoms with Gasteiger partial charge in [-0.05, 0) is 31.6 Å². The lowest BCUT2D eigenvalue weighted by Crippen LogP contribution is -2.40. The molecule has 2 aliphatic rings. The first kappa shape index (κ1) is 7.56. The predicted molar refractivity (Wildman–Crippen MR) is 44.3 cm³/mol. The van der Waals surface area contributed by atoms with E-state index in [4.69, 9.17) is 10.5 Å². The number of rotatable bonds is 1. The monoisotopic (exact) mass is 155 g/mol. The van der Waals surface area contributed by atoms with Crippen LogP contribution in [-0.4, -0.2) is 18.8 Å². The zero-order chi connectivity index (χ0) is 7.68. The summed E-state index contributed by atoms with van der Waals surface area (Å²) in [5.74, 6) is 0.848. The smallest absolute Gasteiger partial charge is 0.0618 e. The van der Waals surface area contributed by atoms with E-state index in [1.165, 1.54) is 19.3 Å². The van der Waals surface area contributed by atoms with Crippen LogP contribution in [0.3, 0.4) is 0 Å². The first-order valence-corrected chi connectivity index (χ1v) is 4.73. The predicted octanol–water partition coefficient (Wildman–Crippen LogP) is 1.29. The SMILES string of the molecule is NC1CCOC(C2CCC2)C1. The highest BCUT2D eigenvalue weighted by molar-refractivity contribution is 4.83. The number of nitrogens with two attached hydrogens (primary N) is 1. The Morgan fingerprint density at radius 2 is 2.00 bits per heavy atom. The summed E-state index contributed by atoms with van der Waals surface area (Å²) in [7, 11) is 0. The summed E-state index contributed by atoms with van der Waals surface area (Å²) in [5.41, 5.74) is 5.86. The first-order valence-electron chi connectivity index (χ1n) is 4.73. The van der Waals surface area contributed by atoms with E-state index in [0.29, 0.717) is 12.1 Å². The highest BCUT2D eigenvalue weighted by Gasteiger charge is 2.31. The summed E-state index contributed by atoms with van der Waals surface area (Å²) >= 11 is 0. The fourth-order valence-corrected chi connectivity index (χ4v) is 2.00. The van der Waals surface area contributed by atoms with Crippen molar-refractivity contribution in [2.75, 3.05) is 6.61 Å². The van der Waals surface area contributed by atoms with Crippen LogP contribution in [0.1, 0.15) is 32.1 Å². The molecular formula is C9H17NO. The minimum absolute atomic E-state index is 0.411. The van der Waals surface area contributed by atoms with E-state index in [-0.39, 0.29) is 0 Å². The Kier molecular flexibility index (Phi) is 2.14. The molecule has 2 atom stereocenters. The van der Waals surface area contributed by atoms with Gasteiger partial charge in [-0.1, -0.05) is 6.42 Å². The van der Waals surface area contributed by atoms with Gasteiger partial charge in [0.05, 0.1) is 6.10 Å². The summed E-state index contributed by atoms with van der Waals surface area (Å²) in [5, 5.41) is 0. The molecule has 64 valence electrons. The van der Waals surface area contributed by atoms with Crippen LogP contribution in [0.4, 0.5) is 0 Å². The molecule has 1 saturated heterocycles. The zero-order valence-corrected chi connectivity index (χ0v) is 6.96. The second-order valence-electron chi connectivity index (χ2n) is 3.88. The van der Waals surface area contributed by atoms with Crippen LogP contribution in [0.5, 0.6) is 0 Å². The lowest BCUT2D eigenvalue weighted by atomic mass is 9.78. The van der Waals surface area contributed by atoms with Gasteiger partial charge >= 0.3 is 0 Å². The molecular weight excluding hydrogens is 138 g/mol. The number of hydrogen-bond donors (Lipinski definition) is 1. The van der Waals surface area contributed by atoms with Gasteiger partial charge in [0.1, 0.15) is 0 Å². The van der Waals surface area contributed by atoms with Crippen molar-refractivity contribution in [3.63, 3.8) is 0 Å². The lowest BCUT2D eigenvalue weighted by molar-refractivity contribution is -0.0485. The van der Waals surface area contributed by atoms with Gasteiger partial charge < -0.3 is 10.5 Å². The van der Waals surface area contributed by atoms with Gasteiger partial charge in [-0.3, -0.25) is 0 Å². The number of hydrogen-bond acceptors (Lipinski definition) is 2. The topological polar surface area (TPSA) is 35.2 Å². The van der Waals surface area contributed by atoms with Crippen molar-refractivity contribution in [1.82, 2.24) is 0 Å². The lowest BCUT2D eigenvalue weighted by Gasteiger charge is -2.37. The standard InChI is InChI=1S/C9H17NO/c10-8-4-5-11-9(6-8)7-2-1-3-7/h7-9H,1-6,10H2. The van der Waals surface area contributed by atoms with Crippen LogP contribution in [0.2, 0.25) is 0 Å². The van der Waals surface area contributed by atoms with E-state index in [0.717, 1.165) is 25.4 Å². The molecule has 2 fully saturated rings.